The maximum absolute atomic E-state index is 13.6. The summed E-state index contributed by atoms with van der Waals surface area (Å²) in [6.07, 6.45) is 1.71. The van der Waals surface area contributed by atoms with E-state index >= 15 is 0 Å². The summed E-state index contributed by atoms with van der Waals surface area (Å²) in [5.74, 6) is 0.815. The molecule has 0 aliphatic carbocycles. The zero-order valence-electron chi connectivity index (χ0n) is 12.5. The van der Waals surface area contributed by atoms with Gasteiger partial charge in [0, 0.05) is 18.8 Å². The molecule has 1 aromatic carbocycles. The van der Waals surface area contributed by atoms with Gasteiger partial charge in [0.2, 0.25) is 0 Å². The van der Waals surface area contributed by atoms with Crippen molar-refractivity contribution in [2.75, 3.05) is 6.54 Å². The van der Waals surface area contributed by atoms with Gasteiger partial charge in [-0.05, 0) is 42.3 Å². The first-order valence-corrected chi connectivity index (χ1v) is 7.16. The molecule has 1 aromatic heterocycles. The Labute approximate surface area is 125 Å². The molecule has 0 fully saturated rings. The average molecular weight is 288 g/mol. The molecule has 1 heterocycles. The quantitative estimate of drug-likeness (QED) is 0.846. The number of hydrogen-bond donors (Lipinski definition) is 1. The maximum atomic E-state index is 13.6. The SMILES string of the molecule is CC(C)CNCc1cc(F)cc(OCc2ccccn2)c1. The van der Waals surface area contributed by atoms with Gasteiger partial charge >= 0.3 is 0 Å². The zero-order valence-corrected chi connectivity index (χ0v) is 12.5. The van der Waals surface area contributed by atoms with Crippen LogP contribution in [0.5, 0.6) is 5.75 Å². The number of pyridine rings is 1. The van der Waals surface area contributed by atoms with Gasteiger partial charge in [0.05, 0.1) is 5.69 Å². The molecule has 0 atom stereocenters. The lowest BCUT2D eigenvalue weighted by Crippen LogP contribution is -2.19. The molecule has 21 heavy (non-hydrogen) atoms. The van der Waals surface area contributed by atoms with Crippen LogP contribution >= 0.6 is 0 Å². The Kier molecular flexibility index (Phi) is 5.69. The van der Waals surface area contributed by atoms with E-state index in [0.717, 1.165) is 17.8 Å². The van der Waals surface area contributed by atoms with Gasteiger partial charge in [0.15, 0.2) is 0 Å². The van der Waals surface area contributed by atoms with Crippen LogP contribution in [0.15, 0.2) is 42.6 Å². The first kappa shape index (κ1) is 15.4. The van der Waals surface area contributed by atoms with Crippen molar-refractivity contribution < 1.29 is 9.13 Å². The van der Waals surface area contributed by atoms with Gasteiger partial charge in [0.25, 0.3) is 0 Å². The number of aromatic nitrogens is 1. The molecule has 0 unspecified atom stereocenters. The third-order valence-electron chi connectivity index (χ3n) is 2.93. The van der Waals surface area contributed by atoms with Crippen molar-refractivity contribution in [2.45, 2.75) is 27.0 Å². The van der Waals surface area contributed by atoms with E-state index < -0.39 is 0 Å². The molecule has 0 radical (unpaired) electrons. The number of nitrogens with zero attached hydrogens (tertiary/aromatic N) is 1. The van der Waals surface area contributed by atoms with Crippen molar-refractivity contribution in [3.8, 4) is 5.75 Å². The Bertz CT molecular complexity index is 558. The smallest absolute Gasteiger partial charge is 0.130 e. The highest BCUT2D eigenvalue weighted by atomic mass is 19.1. The Morgan fingerprint density at radius 1 is 1.24 bits per heavy atom. The fourth-order valence-corrected chi connectivity index (χ4v) is 1.95. The number of nitrogens with one attached hydrogen (secondary N) is 1. The molecule has 0 aliphatic rings. The van der Waals surface area contributed by atoms with Gasteiger partial charge in [-0.2, -0.15) is 0 Å². The molecule has 3 nitrogen and oxygen atoms in total. The number of benzene rings is 1. The fourth-order valence-electron chi connectivity index (χ4n) is 1.95. The Balaban J connectivity index is 1.94. The van der Waals surface area contributed by atoms with Crippen LogP contribution in [0.1, 0.15) is 25.1 Å². The minimum Gasteiger partial charge on any atom is -0.487 e. The van der Waals surface area contributed by atoms with Crippen molar-refractivity contribution in [1.29, 1.82) is 0 Å². The molecule has 0 aliphatic heterocycles. The molecule has 112 valence electrons. The largest absolute Gasteiger partial charge is 0.487 e. The summed E-state index contributed by atoms with van der Waals surface area (Å²) >= 11 is 0. The first-order valence-electron chi connectivity index (χ1n) is 7.16. The summed E-state index contributed by atoms with van der Waals surface area (Å²) in [7, 11) is 0. The standard InChI is InChI=1S/C17H21FN2O/c1-13(2)10-19-11-14-7-15(18)9-17(8-14)21-12-16-5-3-4-6-20-16/h3-9,13,19H,10-12H2,1-2H3. The summed E-state index contributed by atoms with van der Waals surface area (Å²) in [6, 6.07) is 10.4. The van der Waals surface area contributed by atoms with Crippen LogP contribution in [0.2, 0.25) is 0 Å². The van der Waals surface area contributed by atoms with E-state index in [4.69, 9.17) is 4.74 Å². The normalized spacial score (nSPS) is 10.9. The topological polar surface area (TPSA) is 34.1 Å². The molecular formula is C17H21FN2O. The van der Waals surface area contributed by atoms with Gasteiger partial charge in [0.1, 0.15) is 18.2 Å². The molecule has 2 rings (SSSR count). The summed E-state index contributed by atoms with van der Waals surface area (Å²) in [5.41, 5.74) is 1.70. The summed E-state index contributed by atoms with van der Waals surface area (Å²) < 4.78 is 19.2. The van der Waals surface area contributed by atoms with Crippen LogP contribution in [-0.4, -0.2) is 11.5 Å². The number of rotatable bonds is 7. The van der Waals surface area contributed by atoms with Crippen LogP contribution in [0, 0.1) is 11.7 Å². The fraction of sp³-hybridized carbons (Fsp3) is 0.353. The predicted molar refractivity (Wildman–Crippen MR) is 81.5 cm³/mol. The summed E-state index contributed by atoms with van der Waals surface area (Å²) in [6.45, 7) is 6.15. The molecule has 1 N–H and O–H groups in total. The van der Waals surface area contributed by atoms with E-state index in [1.54, 1.807) is 6.20 Å². The predicted octanol–water partition coefficient (Wildman–Crippen LogP) is 3.55. The van der Waals surface area contributed by atoms with Gasteiger partial charge in [-0.15, -0.1) is 0 Å². The van der Waals surface area contributed by atoms with Crippen LogP contribution in [0.25, 0.3) is 0 Å². The monoisotopic (exact) mass is 288 g/mol. The van der Waals surface area contributed by atoms with E-state index in [-0.39, 0.29) is 5.82 Å². The summed E-state index contributed by atoms with van der Waals surface area (Å²) in [5, 5.41) is 3.29. The second-order valence-corrected chi connectivity index (χ2v) is 5.43. The Morgan fingerprint density at radius 2 is 2.10 bits per heavy atom. The summed E-state index contributed by atoms with van der Waals surface area (Å²) in [4.78, 5) is 4.18. The van der Waals surface area contributed by atoms with Crippen molar-refractivity contribution in [2.24, 2.45) is 5.92 Å². The van der Waals surface area contributed by atoms with Crippen LogP contribution in [-0.2, 0) is 13.2 Å². The lowest BCUT2D eigenvalue weighted by Gasteiger charge is -2.10. The van der Waals surface area contributed by atoms with Crippen molar-refractivity contribution in [1.82, 2.24) is 10.3 Å². The molecule has 0 amide bonds. The van der Waals surface area contributed by atoms with E-state index in [2.05, 4.69) is 24.1 Å². The van der Waals surface area contributed by atoms with Gasteiger partial charge in [-0.3, -0.25) is 4.98 Å². The van der Waals surface area contributed by atoms with Gasteiger partial charge in [-0.1, -0.05) is 19.9 Å². The molecule has 0 bridgehead atoms. The van der Waals surface area contributed by atoms with Crippen LogP contribution in [0.3, 0.4) is 0 Å². The minimum absolute atomic E-state index is 0.283. The number of ether oxygens (including phenoxy) is 1. The molecule has 0 saturated carbocycles. The van der Waals surface area contributed by atoms with E-state index in [0.29, 0.717) is 24.8 Å². The highest BCUT2D eigenvalue weighted by Gasteiger charge is 2.03. The van der Waals surface area contributed by atoms with Crippen molar-refractivity contribution in [3.05, 3.63) is 59.7 Å². The van der Waals surface area contributed by atoms with E-state index in [1.807, 2.05) is 24.3 Å². The minimum atomic E-state index is -0.283. The van der Waals surface area contributed by atoms with Crippen LogP contribution < -0.4 is 10.1 Å². The molecule has 0 saturated heterocycles. The maximum Gasteiger partial charge on any atom is 0.130 e. The third kappa shape index (κ3) is 5.52. The first-order chi connectivity index (χ1) is 10.1. The van der Waals surface area contributed by atoms with Crippen molar-refractivity contribution >= 4 is 0 Å². The molecular weight excluding hydrogens is 267 g/mol. The third-order valence-corrected chi connectivity index (χ3v) is 2.93. The highest BCUT2D eigenvalue weighted by Crippen LogP contribution is 2.17. The number of halogens is 1. The Hall–Kier alpha value is -1.94. The highest BCUT2D eigenvalue weighted by molar-refractivity contribution is 5.29. The molecule has 0 spiro atoms. The lowest BCUT2D eigenvalue weighted by atomic mass is 10.2. The second kappa shape index (κ2) is 7.74. The average Bonchev–Trinajstić information content (AvgIpc) is 2.45. The van der Waals surface area contributed by atoms with Crippen LogP contribution in [0.4, 0.5) is 4.39 Å². The van der Waals surface area contributed by atoms with Gasteiger partial charge in [-0.25, -0.2) is 4.39 Å². The molecule has 4 heteroatoms. The second-order valence-electron chi connectivity index (χ2n) is 5.43. The molecule has 2 aromatic rings. The lowest BCUT2D eigenvalue weighted by molar-refractivity contribution is 0.299. The zero-order chi connectivity index (χ0) is 15.1. The van der Waals surface area contributed by atoms with E-state index in [1.165, 1.54) is 12.1 Å². The van der Waals surface area contributed by atoms with E-state index in [9.17, 15) is 4.39 Å². The Morgan fingerprint density at radius 3 is 2.81 bits per heavy atom. The van der Waals surface area contributed by atoms with Crippen molar-refractivity contribution in [3.63, 3.8) is 0 Å². The number of hydrogen-bond acceptors (Lipinski definition) is 3. The van der Waals surface area contributed by atoms with Gasteiger partial charge < -0.3 is 10.1 Å².